The minimum Gasteiger partial charge on any atom is -0.454 e. The third-order valence-electron chi connectivity index (χ3n) is 9.54. The summed E-state index contributed by atoms with van der Waals surface area (Å²) in [7, 11) is 0. The van der Waals surface area contributed by atoms with E-state index in [4.69, 9.17) is 24.7 Å². The predicted octanol–water partition coefficient (Wildman–Crippen LogP) is 12.0. The van der Waals surface area contributed by atoms with Gasteiger partial charge in [-0.3, -0.25) is 9.97 Å². The molecular formula is C48H30N6OS. The summed E-state index contributed by atoms with van der Waals surface area (Å²) in [6, 6.07) is 54.8. The largest absolute Gasteiger partial charge is 0.454 e. The molecule has 0 atom stereocenters. The Balaban J connectivity index is 1.22. The first kappa shape index (κ1) is 33.3. The maximum Gasteiger partial charge on any atom is 0.161 e. The van der Waals surface area contributed by atoms with E-state index in [0.29, 0.717) is 17.3 Å². The van der Waals surface area contributed by atoms with E-state index >= 15 is 0 Å². The monoisotopic (exact) mass is 738 g/mol. The molecule has 10 rings (SSSR count). The van der Waals surface area contributed by atoms with Crippen molar-refractivity contribution in [2.45, 2.75) is 9.79 Å². The van der Waals surface area contributed by atoms with Crippen LogP contribution < -0.4 is 4.74 Å². The van der Waals surface area contributed by atoms with E-state index in [1.54, 1.807) is 24.2 Å². The predicted molar refractivity (Wildman–Crippen MR) is 222 cm³/mol. The zero-order valence-corrected chi connectivity index (χ0v) is 30.6. The molecule has 0 aliphatic carbocycles. The quantitative estimate of drug-likeness (QED) is 0.160. The summed E-state index contributed by atoms with van der Waals surface area (Å²) in [4.78, 5) is 32.0. The van der Waals surface area contributed by atoms with E-state index in [2.05, 4.69) is 76.7 Å². The number of aromatic nitrogens is 6. The fourth-order valence-corrected chi connectivity index (χ4v) is 7.81. The molecule has 0 spiro atoms. The Labute approximate surface area is 327 Å². The van der Waals surface area contributed by atoms with Crippen LogP contribution in [-0.2, 0) is 0 Å². The fourth-order valence-electron chi connectivity index (χ4n) is 6.83. The van der Waals surface area contributed by atoms with Crippen LogP contribution in [0.4, 0.5) is 0 Å². The van der Waals surface area contributed by atoms with Gasteiger partial charge in [-0.2, -0.15) is 0 Å². The number of hydrogen-bond donors (Lipinski definition) is 0. The average Bonchev–Trinajstić information content (AvgIpc) is 3.29. The molecular weight excluding hydrogens is 709 g/mol. The van der Waals surface area contributed by atoms with Gasteiger partial charge in [-0.15, -0.1) is 0 Å². The first-order valence-corrected chi connectivity index (χ1v) is 19.0. The van der Waals surface area contributed by atoms with Gasteiger partial charge in [0.25, 0.3) is 0 Å². The molecule has 0 saturated heterocycles. The maximum absolute atomic E-state index is 6.68. The van der Waals surface area contributed by atoms with Crippen molar-refractivity contribution in [3.05, 3.63) is 182 Å². The molecule has 8 heteroatoms. The third kappa shape index (κ3) is 6.48. The molecule has 7 nitrogen and oxygen atoms in total. The zero-order chi connectivity index (χ0) is 37.3. The Kier molecular flexibility index (Phi) is 8.62. The van der Waals surface area contributed by atoms with E-state index in [1.165, 1.54) is 0 Å². The van der Waals surface area contributed by atoms with Gasteiger partial charge >= 0.3 is 0 Å². The van der Waals surface area contributed by atoms with E-state index in [0.717, 1.165) is 83.0 Å². The summed E-state index contributed by atoms with van der Waals surface area (Å²) >= 11 is 1.70. The number of benzene rings is 5. The van der Waals surface area contributed by atoms with E-state index in [9.17, 15) is 0 Å². The summed E-state index contributed by atoms with van der Waals surface area (Å²) in [5.74, 6) is 2.72. The lowest BCUT2D eigenvalue weighted by molar-refractivity contribution is 0.456. The normalized spacial score (nSPS) is 11.6. The number of rotatable bonds is 7. The molecule has 264 valence electrons. The van der Waals surface area contributed by atoms with Crippen molar-refractivity contribution in [2.24, 2.45) is 0 Å². The van der Waals surface area contributed by atoms with Gasteiger partial charge in [0.15, 0.2) is 11.6 Å². The molecule has 56 heavy (non-hydrogen) atoms. The second kappa shape index (κ2) is 14.5. The molecule has 5 aromatic carbocycles. The Bertz CT molecular complexity index is 2740. The van der Waals surface area contributed by atoms with Crippen LogP contribution >= 0.6 is 11.8 Å². The van der Waals surface area contributed by atoms with Gasteiger partial charge in [0.05, 0.1) is 38.3 Å². The molecule has 0 amide bonds. The number of para-hydroxylation sites is 2. The first-order chi connectivity index (χ1) is 27.7. The SMILES string of the molecule is c1ccc(-c2cc(-c3cccnc3)nc(-c3ccc(-c4cccc5c4Oc4ccccc4S5)c(-c4nc(-c5ccccc5)cc(-c5ccccn5)n4)c3)n2)cc1. The van der Waals surface area contributed by atoms with Crippen molar-refractivity contribution < 1.29 is 4.74 Å². The second-order valence-electron chi connectivity index (χ2n) is 13.2. The molecule has 1 aliphatic heterocycles. The molecule has 9 aromatic rings. The van der Waals surface area contributed by atoms with Gasteiger partial charge in [0.1, 0.15) is 11.5 Å². The van der Waals surface area contributed by atoms with E-state index in [1.807, 2.05) is 103 Å². The van der Waals surface area contributed by atoms with Crippen LogP contribution in [0.3, 0.4) is 0 Å². The average molecular weight is 739 g/mol. The Morgan fingerprint density at radius 1 is 0.393 bits per heavy atom. The fraction of sp³-hybridized carbons (Fsp3) is 0. The minimum absolute atomic E-state index is 0.539. The first-order valence-electron chi connectivity index (χ1n) is 18.2. The van der Waals surface area contributed by atoms with Crippen molar-refractivity contribution >= 4 is 11.8 Å². The van der Waals surface area contributed by atoms with Crippen molar-refractivity contribution in [3.63, 3.8) is 0 Å². The van der Waals surface area contributed by atoms with Crippen molar-refractivity contribution in [2.75, 3.05) is 0 Å². The van der Waals surface area contributed by atoms with Gasteiger partial charge in [-0.25, -0.2) is 19.9 Å². The molecule has 0 saturated carbocycles. The summed E-state index contributed by atoms with van der Waals surface area (Å²) in [5.41, 5.74) is 10.1. The van der Waals surface area contributed by atoms with Crippen LogP contribution in [0.2, 0.25) is 0 Å². The van der Waals surface area contributed by atoms with Crippen LogP contribution in [0.5, 0.6) is 11.5 Å². The molecule has 0 unspecified atom stereocenters. The van der Waals surface area contributed by atoms with Crippen molar-refractivity contribution in [1.29, 1.82) is 0 Å². The summed E-state index contributed by atoms with van der Waals surface area (Å²) in [6.45, 7) is 0. The molecule has 0 N–H and O–H groups in total. The molecule has 0 fully saturated rings. The second-order valence-corrected chi connectivity index (χ2v) is 14.2. The Morgan fingerprint density at radius 3 is 1.80 bits per heavy atom. The van der Waals surface area contributed by atoms with E-state index < -0.39 is 0 Å². The highest BCUT2D eigenvalue weighted by Crippen LogP contribution is 2.52. The molecule has 1 aliphatic rings. The highest BCUT2D eigenvalue weighted by atomic mass is 32.2. The number of hydrogen-bond acceptors (Lipinski definition) is 8. The van der Waals surface area contributed by atoms with Crippen LogP contribution in [0.1, 0.15) is 0 Å². The summed E-state index contributed by atoms with van der Waals surface area (Å²) in [6.07, 6.45) is 5.37. The number of nitrogens with zero attached hydrogens (tertiary/aromatic N) is 6. The summed E-state index contributed by atoms with van der Waals surface area (Å²) < 4.78 is 6.68. The lowest BCUT2D eigenvalue weighted by Gasteiger charge is -2.23. The van der Waals surface area contributed by atoms with Crippen LogP contribution in [0, 0.1) is 0 Å². The topological polar surface area (TPSA) is 86.6 Å². The van der Waals surface area contributed by atoms with Gasteiger partial charge in [-0.05, 0) is 66.2 Å². The smallest absolute Gasteiger partial charge is 0.161 e. The third-order valence-corrected chi connectivity index (χ3v) is 10.6. The van der Waals surface area contributed by atoms with Gasteiger partial charge in [-0.1, -0.05) is 115 Å². The van der Waals surface area contributed by atoms with Crippen molar-refractivity contribution in [3.8, 4) is 90.6 Å². The van der Waals surface area contributed by atoms with Crippen LogP contribution in [0.25, 0.3) is 79.1 Å². The van der Waals surface area contributed by atoms with Crippen molar-refractivity contribution in [1.82, 2.24) is 29.9 Å². The minimum atomic E-state index is 0.539. The summed E-state index contributed by atoms with van der Waals surface area (Å²) in [5, 5.41) is 0. The lowest BCUT2D eigenvalue weighted by atomic mass is 9.95. The molecule has 0 bridgehead atoms. The number of pyridine rings is 2. The highest BCUT2D eigenvalue weighted by molar-refractivity contribution is 7.99. The zero-order valence-electron chi connectivity index (χ0n) is 29.8. The standard InChI is InChI=1S/C48H30N6OS/c1-3-13-31(14-4-1)39-28-41(34-17-12-25-49-30-34)52-47(51-39)33-23-24-35(36-18-11-22-45-46(36)55-43-20-7-8-21-44(43)56-45)37(27-33)48-53-40(32-15-5-2-6-16-32)29-42(54-48)38-19-9-10-26-50-38/h1-30H. The molecule has 0 radical (unpaired) electrons. The van der Waals surface area contributed by atoms with Gasteiger partial charge in [0.2, 0.25) is 0 Å². The lowest BCUT2D eigenvalue weighted by Crippen LogP contribution is -2.01. The van der Waals surface area contributed by atoms with Crippen LogP contribution in [0.15, 0.2) is 192 Å². The Morgan fingerprint density at radius 2 is 1.05 bits per heavy atom. The number of ether oxygens (including phenoxy) is 1. The molecule has 5 heterocycles. The van der Waals surface area contributed by atoms with Gasteiger partial charge in [0, 0.05) is 52.0 Å². The van der Waals surface area contributed by atoms with Crippen LogP contribution in [-0.4, -0.2) is 29.9 Å². The maximum atomic E-state index is 6.68. The van der Waals surface area contributed by atoms with Gasteiger partial charge < -0.3 is 4.74 Å². The number of fused-ring (bicyclic) bond motifs is 2. The molecule has 4 aromatic heterocycles. The Hall–Kier alpha value is -7.29. The van der Waals surface area contributed by atoms with E-state index in [-0.39, 0.29) is 0 Å². The highest BCUT2D eigenvalue weighted by Gasteiger charge is 2.25.